The van der Waals surface area contributed by atoms with Crippen molar-refractivity contribution in [3.8, 4) is 0 Å². The fraction of sp³-hybridized carbons (Fsp3) is 0.556. The van der Waals surface area contributed by atoms with Crippen molar-refractivity contribution in [3.63, 3.8) is 0 Å². The first-order valence-corrected chi connectivity index (χ1v) is 8.52. The van der Waals surface area contributed by atoms with E-state index in [1.165, 1.54) is 5.56 Å². The number of amides is 1. The van der Waals surface area contributed by atoms with Gasteiger partial charge < -0.3 is 21.1 Å². The van der Waals surface area contributed by atoms with Gasteiger partial charge >= 0.3 is 6.09 Å². The second kappa shape index (κ2) is 11.3. The van der Waals surface area contributed by atoms with Crippen molar-refractivity contribution in [2.45, 2.75) is 39.7 Å². The maximum Gasteiger partial charge on any atom is 0.407 e. The molecule has 24 heavy (non-hydrogen) atoms. The molecule has 0 radical (unpaired) electrons. The summed E-state index contributed by atoms with van der Waals surface area (Å²) < 4.78 is 4.93. The number of carbonyl (C=O) groups is 1. The molecular weight excluding hydrogens is 304 g/mol. The van der Waals surface area contributed by atoms with Crippen LogP contribution in [0, 0.1) is 5.92 Å². The molecule has 6 nitrogen and oxygen atoms in total. The number of rotatable bonds is 9. The average molecular weight is 334 g/mol. The van der Waals surface area contributed by atoms with Crippen molar-refractivity contribution < 1.29 is 9.53 Å². The number of nitrogens with zero attached hydrogens (tertiary/aromatic N) is 1. The van der Waals surface area contributed by atoms with Gasteiger partial charge in [-0.3, -0.25) is 4.99 Å². The van der Waals surface area contributed by atoms with Crippen LogP contribution in [0.1, 0.15) is 32.8 Å². The lowest BCUT2D eigenvalue weighted by Gasteiger charge is -2.18. The first-order chi connectivity index (χ1) is 11.5. The van der Waals surface area contributed by atoms with E-state index in [-0.39, 0.29) is 6.04 Å². The van der Waals surface area contributed by atoms with Crippen molar-refractivity contribution >= 4 is 12.1 Å². The van der Waals surface area contributed by atoms with E-state index in [1.807, 2.05) is 18.2 Å². The van der Waals surface area contributed by atoms with Crippen molar-refractivity contribution in [1.82, 2.24) is 10.6 Å². The summed E-state index contributed by atoms with van der Waals surface area (Å²) in [7, 11) is 0. The van der Waals surface area contributed by atoms with Gasteiger partial charge in [-0.1, -0.05) is 44.2 Å². The molecule has 0 aromatic heterocycles. The fourth-order valence-corrected chi connectivity index (χ4v) is 2.33. The highest BCUT2D eigenvalue weighted by atomic mass is 16.5. The van der Waals surface area contributed by atoms with E-state index in [9.17, 15) is 4.79 Å². The van der Waals surface area contributed by atoms with Crippen LogP contribution >= 0.6 is 0 Å². The minimum absolute atomic E-state index is 0.0847. The molecule has 0 bridgehead atoms. The highest BCUT2D eigenvalue weighted by Gasteiger charge is 2.14. The number of hydrogen-bond donors (Lipinski definition) is 3. The van der Waals surface area contributed by atoms with E-state index >= 15 is 0 Å². The van der Waals surface area contributed by atoms with Gasteiger partial charge in [-0.15, -0.1) is 0 Å². The minimum Gasteiger partial charge on any atom is -0.450 e. The Hall–Kier alpha value is -2.24. The summed E-state index contributed by atoms with van der Waals surface area (Å²) in [6, 6.07) is 10.1. The van der Waals surface area contributed by atoms with Gasteiger partial charge in [-0.2, -0.15) is 0 Å². The molecule has 1 amide bonds. The monoisotopic (exact) mass is 334 g/mol. The largest absolute Gasteiger partial charge is 0.450 e. The number of ether oxygens (including phenoxy) is 1. The van der Waals surface area contributed by atoms with E-state index in [4.69, 9.17) is 10.5 Å². The third kappa shape index (κ3) is 9.02. The van der Waals surface area contributed by atoms with Gasteiger partial charge in [-0.25, -0.2) is 4.79 Å². The number of carbonyl (C=O) groups excluding carboxylic acids is 1. The molecule has 0 aliphatic heterocycles. The lowest BCUT2D eigenvalue weighted by molar-refractivity contribution is 0.147. The zero-order valence-electron chi connectivity index (χ0n) is 14.9. The van der Waals surface area contributed by atoms with Gasteiger partial charge in [0.15, 0.2) is 5.96 Å². The number of benzene rings is 1. The van der Waals surface area contributed by atoms with E-state index in [0.29, 0.717) is 25.0 Å². The molecule has 134 valence electrons. The van der Waals surface area contributed by atoms with Gasteiger partial charge in [0.2, 0.25) is 0 Å². The summed E-state index contributed by atoms with van der Waals surface area (Å²) in [6.45, 7) is 7.49. The van der Waals surface area contributed by atoms with E-state index in [2.05, 4.69) is 41.6 Å². The van der Waals surface area contributed by atoms with Crippen LogP contribution in [0.15, 0.2) is 35.3 Å². The predicted molar refractivity (Wildman–Crippen MR) is 98.0 cm³/mol. The summed E-state index contributed by atoms with van der Waals surface area (Å²) in [6.07, 6.45) is 1.29. The van der Waals surface area contributed by atoms with Gasteiger partial charge in [0.1, 0.15) is 0 Å². The van der Waals surface area contributed by atoms with E-state index in [1.54, 1.807) is 6.92 Å². The summed E-state index contributed by atoms with van der Waals surface area (Å²) in [4.78, 5) is 15.9. The van der Waals surface area contributed by atoms with Gasteiger partial charge in [0.25, 0.3) is 0 Å². The molecule has 1 aromatic rings. The van der Waals surface area contributed by atoms with E-state index < -0.39 is 6.09 Å². The molecule has 1 unspecified atom stereocenters. The molecule has 0 heterocycles. The van der Waals surface area contributed by atoms with Crippen LogP contribution in [-0.4, -0.2) is 37.8 Å². The average Bonchev–Trinajstić information content (AvgIpc) is 2.53. The first-order valence-electron chi connectivity index (χ1n) is 8.52. The van der Waals surface area contributed by atoms with Gasteiger partial charge in [0.05, 0.1) is 19.2 Å². The Bertz CT molecular complexity index is 503. The van der Waals surface area contributed by atoms with Crippen LogP contribution in [-0.2, 0) is 11.2 Å². The topological polar surface area (TPSA) is 88.7 Å². The second-order valence-electron chi connectivity index (χ2n) is 6.08. The summed E-state index contributed by atoms with van der Waals surface area (Å²) >= 11 is 0. The number of nitrogens with two attached hydrogens (primary N) is 1. The Morgan fingerprint density at radius 2 is 2.00 bits per heavy atom. The Morgan fingerprint density at radius 1 is 1.29 bits per heavy atom. The molecule has 0 aliphatic rings. The molecule has 0 aliphatic carbocycles. The van der Waals surface area contributed by atoms with Crippen LogP contribution in [0.3, 0.4) is 0 Å². The Balaban J connectivity index is 2.40. The standard InChI is InChI=1S/C18H30N4O2/c1-4-24-18(23)22-16(12-14(2)3)13-21-17(19)20-11-10-15-8-6-5-7-9-15/h5-9,14,16H,4,10-13H2,1-3H3,(H,22,23)(H3,19,20,21). The number of nitrogens with one attached hydrogen (secondary N) is 2. The normalized spacial score (nSPS) is 12.8. The lowest BCUT2D eigenvalue weighted by atomic mass is 10.0. The third-order valence-corrected chi connectivity index (χ3v) is 3.40. The number of alkyl carbamates (subject to hydrolysis) is 1. The Labute approximate surface area is 144 Å². The SMILES string of the molecule is CCOC(=O)NC(CN=C(N)NCCc1ccccc1)CC(C)C. The maximum absolute atomic E-state index is 11.6. The highest BCUT2D eigenvalue weighted by Crippen LogP contribution is 2.05. The summed E-state index contributed by atoms with van der Waals surface area (Å²) in [5.41, 5.74) is 7.15. The van der Waals surface area contributed by atoms with Crippen LogP contribution < -0.4 is 16.4 Å². The summed E-state index contributed by atoms with van der Waals surface area (Å²) in [5, 5.41) is 5.94. The molecule has 6 heteroatoms. The van der Waals surface area contributed by atoms with Crippen molar-refractivity contribution in [2.24, 2.45) is 16.6 Å². The molecule has 0 fully saturated rings. The third-order valence-electron chi connectivity index (χ3n) is 3.40. The van der Waals surface area contributed by atoms with Crippen LogP contribution in [0.5, 0.6) is 0 Å². The Morgan fingerprint density at radius 3 is 2.62 bits per heavy atom. The Kier molecular flexibility index (Phi) is 9.34. The quantitative estimate of drug-likeness (QED) is 0.477. The number of guanidine groups is 1. The van der Waals surface area contributed by atoms with Crippen molar-refractivity contribution in [3.05, 3.63) is 35.9 Å². The zero-order chi connectivity index (χ0) is 17.8. The van der Waals surface area contributed by atoms with Crippen LogP contribution in [0.4, 0.5) is 4.79 Å². The molecule has 1 aromatic carbocycles. The van der Waals surface area contributed by atoms with Gasteiger partial charge in [-0.05, 0) is 31.2 Å². The molecule has 0 saturated heterocycles. The molecule has 0 saturated carbocycles. The highest BCUT2D eigenvalue weighted by molar-refractivity contribution is 5.77. The lowest BCUT2D eigenvalue weighted by Crippen LogP contribution is -2.40. The fourth-order valence-electron chi connectivity index (χ4n) is 2.33. The maximum atomic E-state index is 11.6. The smallest absolute Gasteiger partial charge is 0.407 e. The predicted octanol–water partition coefficient (Wildman–Crippen LogP) is 2.29. The first kappa shape index (κ1) is 19.8. The molecule has 1 atom stereocenters. The van der Waals surface area contributed by atoms with Crippen molar-refractivity contribution in [1.29, 1.82) is 0 Å². The van der Waals surface area contributed by atoms with Crippen LogP contribution in [0.25, 0.3) is 0 Å². The minimum atomic E-state index is -0.408. The molecule has 0 spiro atoms. The molecule has 4 N–H and O–H groups in total. The van der Waals surface area contributed by atoms with Crippen molar-refractivity contribution in [2.75, 3.05) is 19.7 Å². The molecule has 1 rings (SSSR count). The molecular formula is C18H30N4O2. The van der Waals surface area contributed by atoms with E-state index in [0.717, 1.165) is 19.4 Å². The summed E-state index contributed by atoms with van der Waals surface area (Å²) in [5.74, 6) is 0.838. The zero-order valence-corrected chi connectivity index (χ0v) is 14.9. The van der Waals surface area contributed by atoms with Gasteiger partial charge in [0, 0.05) is 6.54 Å². The second-order valence-corrected chi connectivity index (χ2v) is 6.08. The number of aliphatic imine (C=N–C) groups is 1. The van der Waals surface area contributed by atoms with Crippen LogP contribution in [0.2, 0.25) is 0 Å². The number of hydrogen-bond acceptors (Lipinski definition) is 3.